The predicted octanol–water partition coefficient (Wildman–Crippen LogP) is 5.50. The van der Waals surface area contributed by atoms with Crippen LogP contribution in [0.4, 0.5) is 11.4 Å². The lowest BCUT2D eigenvalue weighted by Gasteiger charge is -2.20. The topological polar surface area (TPSA) is 41.6 Å². The van der Waals surface area contributed by atoms with Gasteiger partial charge < -0.3 is 10.6 Å². The first-order chi connectivity index (χ1) is 12.2. The molecule has 130 valence electrons. The van der Waals surface area contributed by atoms with Crippen molar-refractivity contribution in [2.45, 2.75) is 0 Å². The summed E-state index contributed by atoms with van der Waals surface area (Å²) < 4.78 is 0. The Labute approximate surface area is 159 Å². The van der Waals surface area contributed by atoms with E-state index in [1.165, 1.54) is 5.39 Å². The van der Waals surface area contributed by atoms with Crippen LogP contribution in [0.3, 0.4) is 0 Å². The number of hydrogen-bond acceptors (Lipinski definition) is 1. The highest BCUT2D eigenvalue weighted by atomic mass is 35.5. The van der Waals surface area contributed by atoms with Crippen molar-refractivity contribution >= 4 is 51.3 Å². The third-order valence-electron chi connectivity index (χ3n) is 4.47. The normalized spacial score (nSPS) is 11.3. The standard InChI is InChI=1S/C22H19N3.ClH/c1-25(21-15-7-11-17-9-3-5-13-19(17)21)22(23)24-20-14-6-10-16-8-2-4-12-18(16)20;/h2-15H,1H3,(H2,23,24);1H. The highest BCUT2D eigenvalue weighted by Gasteiger charge is 2.09. The maximum absolute atomic E-state index is 6.34. The molecule has 26 heavy (non-hydrogen) atoms. The minimum atomic E-state index is 0. The third kappa shape index (κ3) is 3.22. The van der Waals surface area contributed by atoms with Gasteiger partial charge in [-0.1, -0.05) is 72.8 Å². The molecular weight excluding hydrogens is 342 g/mol. The van der Waals surface area contributed by atoms with Gasteiger partial charge in [-0.15, -0.1) is 12.4 Å². The molecule has 0 spiro atoms. The number of rotatable bonds is 2. The Morgan fingerprint density at radius 1 is 0.731 bits per heavy atom. The van der Waals surface area contributed by atoms with Gasteiger partial charge in [0.2, 0.25) is 5.96 Å². The fourth-order valence-corrected chi connectivity index (χ4v) is 3.13. The van der Waals surface area contributed by atoms with Crippen LogP contribution in [0.15, 0.2) is 89.9 Å². The maximum atomic E-state index is 6.34. The second-order valence-electron chi connectivity index (χ2n) is 6.03. The number of fused-ring (bicyclic) bond motifs is 2. The van der Waals surface area contributed by atoms with E-state index in [1.54, 1.807) is 0 Å². The molecule has 0 atom stereocenters. The first-order valence-electron chi connectivity index (χ1n) is 8.27. The van der Waals surface area contributed by atoms with Gasteiger partial charge in [0.15, 0.2) is 0 Å². The van der Waals surface area contributed by atoms with Crippen molar-refractivity contribution in [1.29, 1.82) is 0 Å². The van der Waals surface area contributed by atoms with Crippen LogP contribution in [-0.2, 0) is 0 Å². The Morgan fingerprint density at radius 2 is 1.27 bits per heavy atom. The monoisotopic (exact) mass is 361 g/mol. The second-order valence-corrected chi connectivity index (χ2v) is 6.03. The molecule has 0 saturated heterocycles. The van der Waals surface area contributed by atoms with Gasteiger partial charge in [-0.2, -0.15) is 0 Å². The van der Waals surface area contributed by atoms with Crippen molar-refractivity contribution in [2.75, 3.05) is 11.9 Å². The molecule has 4 aromatic rings. The van der Waals surface area contributed by atoms with Crippen LogP contribution in [-0.4, -0.2) is 13.0 Å². The summed E-state index contributed by atoms with van der Waals surface area (Å²) in [6.07, 6.45) is 0. The molecule has 0 bridgehead atoms. The number of benzene rings is 4. The molecule has 0 fully saturated rings. The number of aliphatic imine (C=N–C) groups is 1. The smallest absolute Gasteiger partial charge is 0.200 e. The van der Waals surface area contributed by atoms with Gasteiger partial charge in [-0.25, -0.2) is 4.99 Å². The number of hydrogen-bond donors (Lipinski definition) is 1. The maximum Gasteiger partial charge on any atom is 0.200 e. The first kappa shape index (κ1) is 17.8. The van der Waals surface area contributed by atoms with Crippen LogP contribution in [0.2, 0.25) is 0 Å². The Bertz CT molecular complexity index is 1080. The van der Waals surface area contributed by atoms with Crippen LogP contribution in [0.5, 0.6) is 0 Å². The first-order valence-corrected chi connectivity index (χ1v) is 8.27. The molecule has 4 heteroatoms. The van der Waals surface area contributed by atoms with Crippen LogP contribution in [0, 0.1) is 0 Å². The molecular formula is C22H20ClN3. The van der Waals surface area contributed by atoms with E-state index in [1.807, 2.05) is 54.4 Å². The molecule has 0 unspecified atom stereocenters. The Hall–Kier alpha value is -3.04. The summed E-state index contributed by atoms with van der Waals surface area (Å²) in [7, 11) is 1.95. The third-order valence-corrected chi connectivity index (χ3v) is 4.47. The summed E-state index contributed by atoms with van der Waals surface area (Å²) in [6, 6.07) is 28.8. The van der Waals surface area contributed by atoms with Gasteiger partial charge in [-0.05, 0) is 22.9 Å². The summed E-state index contributed by atoms with van der Waals surface area (Å²) in [5, 5.41) is 4.59. The Balaban J connectivity index is 0.00000196. The average Bonchev–Trinajstić information content (AvgIpc) is 2.67. The minimum Gasteiger partial charge on any atom is -0.369 e. The van der Waals surface area contributed by atoms with E-state index >= 15 is 0 Å². The molecule has 0 aliphatic heterocycles. The van der Waals surface area contributed by atoms with E-state index in [9.17, 15) is 0 Å². The Kier molecular flexibility index (Phi) is 5.10. The highest BCUT2D eigenvalue weighted by Crippen LogP contribution is 2.28. The summed E-state index contributed by atoms with van der Waals surface area (Å²) >= 11 is 0. The molecule has 0 heterocycles. The quantitative estimate of drug-likeness (QED) is 0.378. The number of halogens is 1. The fourth-order valence-electron chi connectivity index (χ4n) is 3.13. The zero-order valence-electron chi connectivity index (χ0n) is 14.5. The largest absolute Gasteiger partial charge is 0.369 e. The van der Waals surface area contributed by atoms with E-state index in [0.717, 1.165) is 27.5 Å². The molecule has 0 amide bonds. The Morgan fingerprint density at radius 3 is 2.00 bits per heavy atom. The van der Waals surface area contributed by atoms with Crippen molar-refractivity contribution in [1.82, 2.24) is 0 Å². The van der Waals surface area contributed by atoms with E-state index in [0.29, 0.717) is 5.96 Å². The van der Waals surface area contributed by atoms with E-state index < -0.39 is 0 Å². The van der Waals surface area contributed by atoms with Gasteiger partial charge >= 0.3 is 0 Å². The van der Waals surface area contributed by atoms with Crippen LogP contribution < -0.4 is 10.6 Å². The number of nitrogens with zero attached hydrogens (tertiary/aromatic N) is 2. The van der Waals surface area contributed by atoms with Crippen molar-refractivity contribution < 1.29 is 0 Å². The van der Waals surface area contributed by atoms with Crippen LogP contribution >= 0.6 is 12.4 Å². The van der Waals surface area contributed by atoms with Gasteiger partial charge in [0.1, 0.15) is 0 Å². The number of guanidine groups is 1. The molecule has 4 aromatic carbocycles. The lowest BCUT2D eigenvalue weighted by Crippen LogP contribution is -2.33. The van der Waals surface area contributed by atoms with Gasteiger partial charge in [0.05, 0.1) is 11.4 Å². The molecule has 0 aromatic heterocycles. The summed E-state index contributed by atoms with van der Waals surface area (Å²) in [5.74, 6) is 0.465. The van der Waals surface area contributed by atoms with Gasteiger partial charge in [0, 0.05) is 17.8 Å². The van der Waals surface area contributed by atoms with Crippen molar-refractivity contribution in [3.05, 3.63) is 84.9 Å². The molecule has 0 aliphatic rings. The van der Waals surface area contributed by atoms with Crippen LogP contribution in [0.25, 0.3) is 21.5 Å². The van der Waals surface area contributed by atoms with Crippen molar-refractivity contribution in [3.63, 3.8) is 0 Å². The zero-order valence-corrected chi connectivity index (χ0v) is 15.3. The SMILES string of the molecule is CN(C(N)=Nc1cccc2ccccc12)c1cccc2ccccc12.Cl. The van der Waals surface area contributed by atoms with E-state index in [2.05, 4.69) is 42.5 Å². The van der Waals surface area contributed by atoms with Gasteiger partial charge in [-0.3, -0.25) is 0 Å². The summed E-state index contributed by atoms with van der Waals surface area (Å²) in [4.78, 5) is 6.63. The van der Waals surface area contributed by atoms with Crippen molar-refractivity contribution in [2.24, 2.45) is 10.7 Å². The lowest BCUT2D eigenvalue weighted by atomic mass is 10.1. The molecule has 0 saturated carbocycles. The average molecular weight is 362 g/mol. The predicted molar refractivity (Wildman–Crippen MR) is 115 cm³/mol. The molecule has 4 rings (SSSR count). The van der Waals surface area contributed by atoms with Crippen molar-refractivity contribution in [3.8, 4) is 0 Å². The zero-order chi connectivity index (χ0) is 17.2. The lowest BCUT2D eigenvalue weighted by molar-refractivity contribution is 1.23. The van der Waals surface area contributed by atoms with E-state index in [-0.39, 0.29) is 12.4 Å². The molecule has 0 aliphatic carbocycles. The number of anilines is 1. The van der Waals surface area contributed by atoms with E-state index in [4.69, 9.17) is 10.7 Å². The molecule has 3 nitrogen and oxygen atoms in total. The van der Waals surface area contributed by atoms with Crippen LogP contribution in [0.1, 0.15) is 0 Å². The fraction of sp³-hybridized carbons (Fsp3) is 0.0455. The summed E-state index contributed by atoms with van der Waals surface area (Å²) in [6.45, 7) is 0. The second kappa shape index (κ2) is 7.46. The molecule has 2 N–H and O–H groups in total. The highest BCUT2D eigenvalue weighted by molar-refractivity contribution is 6.06. The molecule has 0 radical (unpaired) electrons. The van der Waals surface area contributed by atoms with Gasteiger partial charge in [0.25, 0.3) is 0 Å². The summed E-state index contributed by atoms with van der Waals surface area (Å²) in [5.41, 5.74) is 8.26. The minimum absolute atomic E-state index is 0. The number of nitrogens with two attached hydrogens (primary N) is 1.